The Balaban J connectivity index is 2.82. The molecule has 0 saturated heterocycles. The lowest BCUT2D eigenvalue weighted by Crippen LogP contribution is -2.15. The summed E-state index contributed by atoms with van der Waals surface area (Å²) in [5, 5.41) is 0. The molecule has 0 aliphatic heterocycles. The quantitative estimate of drug-likeness (QED) is 0.744. The fraction of sp³-hybridized carbons (Fsp3) is 0.444. The number of hydrogen-bond acceptors (Lipinski definition) is 3. The monoisotopic (exact) mass is 179 g/mol. The standard InChI is InChI=1S/C9H13N3O/c1-6(5-8(10)13)9-7(2)11-3-4-12-9/h3-4,6H,5H2,1-2H3,(H2,10,13). The first-order chi connectivity index (χ1) is 6.11. The van der Waals surface area contributed by atoms with Gasteiger partial charge in [-0.1, -0.05) is 6.92 Å². The Bertz CT molecular complexity index is 311. The van der Waals surface area contributed by atoms with Crippen LogP contribution >= 0.6 is 0 Å². The SMILES string of the molecule is Cc1nccnc1C(C)CC(N)=O. The number of nitrogens with two attached hydrogens (primary N) is 1. The zero-order chi connectivity index (χ0) is 9.84. The van der Waals surface area contributed by atoms with Crippen LogP contribution in [0.15, 0.2) is 12.4 Å². The Morgan fingerprint density at radius 2 is 2.15 bits per heavy atom. The Labute approximate surface area is 77.2 Å². The Kier molecular flexibility index (Phi) is 2.95. The third kappa shape index (κ3) is 2.50. The maximum Gasteiger partial charge on any atom is 0.218 e. The average molecular weight is 179 g/mol. The highest BCUT2D eigenvalue weighted by molar-refractivity contribution is 5.74. The van der Waals surface area contributed by atoms with E-state index in [0.29, 0.717) is 6.42 Å². The summed E-state index contributed by atoms with van der Waals surface area (Å²) in [4.78, 5) is 18.9. The van der Waals surface area contributed by atoms with Gasteiger partial charge < -0.3 is 5.73 Å². The number of aryl methyl sites for hydroxylation is 1. The van der Waals surface area contributed by atoms with Gasteiger partial charge in [-0.2, -0.15) is 0 Å². The summed E-state index contributed by atoms with van der Waals surface area (Å²) >= 11 is 0. The van der Waals surface area contributed by atoms with Crippen LogP contribution in [0, 0.1) is 6.92 Å². The molecule has 1 unspecified atom stereocenters. The van der Waals surface area contributed by atoms with Crippen molar-refractivity contribution in [3.8, 4) is 0 Å². The third-order valence-corrected chi connectivity index (χ3v) is 1.89. The van der Waals surface area contributed by atoms with Gasteiger partial charge in [-0.05, 0) is 6.92 Å². The highest BCUT2D eigenvalue weighted by Crippen LogP contribution is 2.17. The van der Waals surface area contributed by atoms with Crippen molar-refractivity contribution in [2.24, 2.45) is 5.73 Å². The number of amides is 1. The molecule has 1 atom stereocenters. The van der Waals surface area contributed by atoms with E-state index in [9.17, 15) is 4.79 Å². The van der Waals surface area contributed by atoms with Gasteiger partial charge in [0.2, 0.25) is 5.91 Å². The molecule has 1 amide bonds. The molecule has 2 N–H and O–H groups in total. The molecule has 1 aromatic rings. The molecular weight excluding hydrogens is 166 g/mol. The summed E-state index contributed by atoms with van der Waals surface area (Å²) in [6, 6.07) is 0. The van der Waals surface area contributed by atoms with Crippen LogP contribution in [0.1, 0.15) is 30.7 Å². The van der Waals surface area contributed by atoms with E-state index >= 15 is 0 Å². The van der Waals surface area contributed by atoms with Crippen LogP contribution in [0.5, 0.6) is 0 Å². The summed E-state index contributed by atoms with van der Waals surface area (Å²) in [6.07, 6.45) is 3.58. The van der Waals surface area contributed by atoms with Gasteiger partial charge in [0, 0.05) is 24.7 Å². The lowest BCUT2D eigenvalue weighted by Gasteiger charge is -2.09. The van der Waals surface area contributed by atoms with E-state index in [-0.39, 0.29) is 11.8 Å². The minimum absolute atomic E-state index is 0.0474. The summed E-state index contributed by atoms with van der Waals surface area (Å²) in [6.45, 7) is 3.79. The van der Waals surface area contributed by atoms with E-state index in [4.69, 9.17) is 5.73 Å². The van der Waals surface area contributed by atoms with E-state index < -0.39 is 0 Å². The molecule has 0 fully saturated rings. The van der Waals surface area contributed by atoms with Crippen molar-refractivity contribution in [1.29, 1.82) is 0 Å². The van der Waals surface area contributed by atoms with Gasteiger partial charge in [-0.3, -0.25) is 14.8 Å². The normalized spacial score (nSPS) is 12.5. The van der Waals surface area contributed by atoms with E-state index in [1.54, 1.807) is 12.4 Å². The van der Waals surface area contributed by atoms with Crippen molar-refractivity contribution in [3.05, 3.63) is 23.8 Å². The number of aromatic nitrogens is 2. The van der Waals surface area contributed by atoms with Crippen LogP contribution in [0.4, 0.5) is 0 Å². The van der Waals surface area contributed by atoms with Crippen molar-refractivity contribution in [1.82, 2.24) is 9.97 Å². The molecule has 0 spiro atoms. The van der Waals surface area contributed by atoms with Crippen LogP contribution < -0.4 is 5.73 Å². The topological polar surface area (TPSA) is 68.9 Å². The number of nitrogens with zero attached hydrogens (tertiary/aromatic N) is 2. The smallest absolute Gasteiger partial charge is 0.218 e. The Hall–Kier alpha value is -1.45. The molecule has 4 heteroatoms. The van der Waals surface area contributed by atoms with Gasteiger partial charge in [-0.25, -0.2) is 0 Å². The molecule has 1 aromatic heterocycles. The van der Waals surface area contributed by atoms with E-state index in [1.165, 1.54) is 0 Å². The van der Waals surface area contributed by atoms with E-state index in [0.717, 1.165) is 11.4 Å². The van der Waals surface area contributed by atoms with Gasteiger partial charge in [0.25, 0.3) is 0 Å². The first kappa shape index (κ1) is 9.64. The second kappa shape index (κ2) is 3.98. The lowest BCUT2D eigenvalue weighted by molar-refractivity contribution is -0.118. The predicted molar refractivity (Wildman–Crippen MR) is 49.0 cm³/mol. The minimum atomic E-state index is -0.308. The number of hydrogen-bond donors (Lipinski definition) is 1. The second-order valence-corrected chi connectivity index (χ2v) is 3.10. The molecule has 0 aromatic carbocycles. The van der Waals surface area contributed by atoms with Crippen LogP contribution in [0.2, 0.25) is 0 Å². The van der Waals surface area contributed by atoms with E-state index in [1.807, 2.05) is 13.8 Å². The maximum atomic E-state index is 10.7. The van der Waals surface area contributed by atoms with Gasteiger partial charge >= 0.3 is 0 Å². The lowest BCUT2D eigenvalue weighted by atomic mass is 10.0. The second-order valence-electron chi connectivity index (χ2n) is 3.10. The molecule has 0 saturated carbocycles. The van der Waals surface area contributed by atoms with Crippen molar-refractivity contribution in [3.63, 3.8) is 0 Å². The highest BCUT2D eigenvalue weighted by atomic mass is 16.1. The number of rotatable bonds is 3. The van der Waals surface area contributed by atoms with Crippen LogP contribution in [0.3, 0.4) is 0 Å². The van der Waals surface area contributed by atoms with Crippen LogP contribution in [-0.2, 0) is 4.79 Å². The van der Waals surface area contributed by atoms with Crippen LogP contribution in [0.25, 0.3) is 0 Å². The largest absolute Gasteiger partial charge is 0.370 e. The molecule has 1 heterocycles. The minimum Gasteiger partial charge on any atom is -0.370 e. The molecule has 0 bridgehead atoms. The summed E-state index contributed by atoms with van der Waals surface area (Å²) in [5.41, 5.74) is 6.80. The van der Waals surface area contributed by atoms with Crippen molar-refractivity contribution in [2.75, 3.05) is 0 Å². The highest BCUT2D eigenvalue weighted by Gasteiger charge is 2.12. The van der Waals surface area contributed by atoms with Gasteiger partial charge in [0.1, 0.15) is 0 Å². The number of carbonyl (C=O) groups excluding carboxylic acids is 1. The predicted octanol–water partition coefficient (Wildman–Crippen LogP) is 0.764. The first-order valence-electron chi connectivity index (χ1n) is 4.17. The molecule has 4 nitrogen and oxygen atoms in total. The zero-order valence-corrected chi connectivity index (χ0v) is 7.82. The van der Waals surface area contributed by atoms with Crippen molar-refractivity contribution < 1.29 is 4.79 Å². The molecule has 70 valence electrons. The summed E-state index contributed by atoms with van der Waals surface area (Å²) in [5.74, 6) is -0.260. The Morgan fingerprint density at radius 3 is 2.69 bits per heavy atom. The molecule has 0 radical (unpaired) electrons. The van der Waals surface area contributed by atoms with Gasteiger partial charge in [0.15, 0.2) is 0 Å². The summed E-state index contributed by atoms with van der Waals surface area (Å²) in [7, 11) is 0. The summed E-state index contributed by atoms with van der Waals surface area (Å²) < 4.78 is 0. The number of primary amides is 1. The van der Waals surface area contributed by atoms with Gasteiger partial charge in [-0.15, -0.1) is 0 Å². The number of carbonyl (C=O) groups is 1. The maximum absolute atomic E-state index is 10.7. The average Bonchev–Trinajstić information content (AvgIpc) is 2.03. The van der Waals surface area contributed by atoms with Crippen molar-refractivity contribution >= 4 is 5.91 Å². The first-order valence-corrected chi connectivity index (χ1v) is 4.17. The van der Waals surface area contributed by atoms with Crippen LogP contribution in [-0.4, -0.2) is 15.9 Å². The molecule has 0 aliphatic rings. The molecular formula is C9H13N3O. The fourth-order valence-electron chi connectivity index (χ4n) is 1.30. The molecule has 0 aliphatic carbocycles. The molecule has 1 rings (SSSR count). The molecule has 13 heavy (non-hydrogen) atoms. The third-order valence-electron chi connectivity index (χ3n) is 1.89. The van der Waals surface area contributed by atoms with Gasteiger partial charge in [0.05, 0.1) is 11.4 Å². The van der Waals surface area contributed by atoms with E-state index in [2.05, 4.69) is 9.97 Å². The zero-order valence-electron chi connectivity index (χ0n) is 7.82. The van der Waals surface area contributed by atoms with Crippen molar-refractivity contribution in [2.45, 2.75) is 26.2 Å². The Morgan fingerprint density at radius 1 is 1.54 bits per heavy atom. The fourth-order valence-corrected chi connectivity index (χ4v) is 1.30.